The first-order valence-corrected chi connectivity index (χ1v) is 13.4. The number of carbonyl (C=O) groups is 5. The Morgan fingerprint density at radius 2 is 1.62 bits per heavy atom. The van der Waals surface area contributed by atoms with Crippen molar-refractivity contribution in [1.82, 2.24) is 10.4 Å². The van der Waals surface area contributed by atoms with E-state index in [2.05, 4.69) is 10.6 Å². The molecule has 4 amide bonds. The van der Waals surface area contributed by atoms with E-state index in [1.54, 1.807) is 0 Å². The third-order valence-corrected chi connectivity index (χ3v) is 6.70. The van der Waals surface area contributed by atoms with Crippen LogP contribution in [0.15, 0.2) is 36.4 Å². The second kappa shape index (κ2) is 13.2. The zero-order valence-electron chi connectivity index (χ0n) is 22.6. The highest BCUT2D eigenvalue weighted by Crippen LogP contribution is 2.46. The van der Waals surface area contributed by atoms with Crippen LogP contribution in [0.5, 0.6) is 0 Å². The summed E-state index contributed by atoms with van der Waals surface area (Å²) in [5, 5.41) is 6.08. The van der Waals surface area contributed by atoms with Crippen molar-refractivity contribution in [2.24, 2.45) is 0 Å². The summed E-state index contributed by atoms with van der Waals surface area (Å²) >= 11 is 0. The van der Waals surface area contributed by atoms with Crippen LogP contribution in [0.25, 0.3) is 11.1 Å². The summed E-state index contributed by atoms with van der Waals surface area (Å²) in [7, 11) is 0. The monoisotopic (exact) mass is 551 g/mol. The van der Waals surface area contributed by atoms with E-state index < -0.39 is 18.0 Å². The molecule has 1 fully saturated rings. The number of benzene rings is 2. The van der Waals surface area contributed by atoms with Gasteiger partial charge in [0.1, 0.15) is 6.61 Å². The average molecular weight is 552 g/mol. The van der Waals surface area contributed by atoms with Crippen LogP contribution in [-0.2, 0) is 33.5 Å². The van der Waals surface area contributed by atoms with E-state index in [0.29, 0.717) is 36.9 Å². The average Bonchev–Trinajstić information content (AvgIpc) is 3.40. The van der Waals surface area contributed by atoms with Crippen molar-refractivity contribution < 1.29 is 38.3 Å². The zero-order valence-corrected chi connectivity index (χ0v) is 22.6. The number of nitrogens with one attached hydrogen (secondary N) is 2. The van der Waals surface area contributed by atoms with Gasteiger partial charge in [-0.05, 0) is 54.7 Å². The molecule has 11 heteroatoms. The van der Waals surface area contributed by atoms with E-state index in [1.165, 1.54) is 0 Å². The van der Waals surface area contributed by atoms with E-state index in [0.717, 1.165) is 27.8 Å². The van der Waals surface area contributed by atoms with Gasteiger partial charge in [-0.2, -0.15) is 0 Å². The molecule has 1 aliphatic carbocycles. The van der Waals surface area contributed by atoms with Gasteiger partial charge in [0.25, 0.3) is 11.8 Å². The number of aryl methyl sites for hydroxylation is 1. The summed E-state index contributed by atoms with van der Waals surface area (Å²) in [6.07, 6.45) is -0.333. The van der Waals surface area contributed by atoms with Crippen LogP contribution < -0.4 is 10.6 Å². The summed E-state index contributed by atoms with van der Waals surface area (Å²) in [6, 6.07) is 11.6. The van der Waals surface area contributed by atoms with E-state index in [-0.39, 0.29) is 50.0 Å². The number of amides is 4. The second-order valence-corrected chi connectivity index (χ2v) is 9.63. The number of hydrogen-bond donors (Lipinski definition) is 2. The van der Waals surface area contributed by atoms with Gasteiger partial charge in [0.15, 0.2) is 0 Å². The van der Waals surface area contributed by atoms with Crippen molar-refractivity contribution in [3.8, 4) is 11.1 Å². The molecule has 11 nitrogen and oxygen atoms in total. The molecule has 40 heavy (non-hydrogen) atoms. The molecular formula is C29H33N3O8. The third kappa shape index (κ3) is 7.03. The van der Waals surface area contributed by atoms with Crippen LogP contribution in [0.1, 0.15) is 61.6 Å². The molecule has 1 atom stereocenters. The summed E-state index contributed by atoms with van der Waals surface area (Å²) in [6.45, 7) is 5.24. The van der Waals surface area contributed by atoms with Gasteiger partial charge in [0.05, 0.1) is 6.61 Å². The molecule has 1 aliphatic heterocycles. The van der Waals surface area contributed by atoms with Gasteiger partial charge < -0.3 is 20.1 Å². The lowest BCUT2D eigenvalue weighted by molar-refractivity contribution is -0.177. The maximum atomic E-state index is 12.6. The number of hydroxylamine groups is 2. The molecule has 0 bridgehead atoms. The van der Waals surface area contributed by atoms with Gasteiger partial charge in [0, 0.05) is 50.4 Å². The molecule has 2 aliphatic rings. The van der Waals surface area contributed by atoms with Crippen LogP contribution in [0.3, 0.4) is 0 Å². The minimum Gasteiger partial charge on any atom is -0.432 e. The number of anilines is 1. The Labute approximate surface area is 232 Å². The number of fused-ring (bicyclic) bond motifs is 3. The Hall–Kier alpha value is -4.25. The van der Waals surface area contributed by atoms with Crippen molar-refractivity contribution in [2.45, 2.75) is 51.9 Å². The number of imide groups is 1. The van der Waals surface area contributed by atoms with Crippen LogP contribution in [0, 0.1) is 6.92 Å². The van der Waals surface area contributed by atoms with Gasteiger partial charge in [-0.25, -0.2) is 4.79 Å². The fourth-order valence-corrected chi connectivity index (χ4v) is 4.78. The van der Waals surface area contributed by atoms with Crippen molar-refractivity contribution in [2.75, 3.05) is 31.7 Å². The molecule has 1 unspecified atom stereocenters. The quantitative estimate of drug-likeness (QED) is 0.232. The minimum absolute atomic E-state index is 0.00899. The Balaban J connectivity index is 1.37. The molecule has 4 rings (SSSR count). The standard InChI is InChI=1S/C29H33N3O8/c1-3-38-14-13-30-25(33)5-4-6-26(34)31-19-8-10-21-20-9-7-18(2)15-22(20)24(23(21)16-19)17-39-29(37)40-32-27(35)11-12-28(32)36/h7-10,15-16,24H,3-6,11-14,17H2,1-2H3,(H,30,33)(H,31,34). The Kier molecular flexibility index (Phi) is 9.49. The molecule has 0 aromatic heterocycles. The normalized spacial score (nSPS) is 15.4. The predicted octanol–water partition coefficient (Wildman–Crippen LogP) is 3.59. The molecular weight excluding hydrogens is 518 g/mol. The van der Waals surface area contributed by atoms with Crippen molar-refractivity contribution in [3.63, 3.8) is 0 Å². The molecule has 0 radical (unpaired) electrons. The molecule has 1 heterocycles. The van der Waals surface area contributed by atoms with Crippen LogP contribution in [-0.4, -0.2) is 61.2 Å². The van der Waals surface area contributed by atoms with Crippen LogP contribution in [0.4, 0.5) is 10.5 Å². The summed E-state index contributed by atoms with van der Waals surface area (Å²) < 4.78 is 10.5. The number of hydrogen-bond acceptors (Lipinski definition) is 8. The van der Waals surface area contributed by atoms with E-state index in [9.17, 15) is 24.0 Å². The van der Waals surface area contributed by atoms with Gasteiger partial charge in [0.2, 0.25) is 11.8 Å². The molecule has 2 aromatic rings. The lowest BCUT2D eigenvalue weighted by Crippen LogP contribution is -2.32. The van der Waals surface area contributed by atoms with Crippen molar-refractivity contribution >= 4 is 35.5 Å². The van der Waals surface area contributed by atoms with Crippen molar-refractivity contribution in [1.29, 1.82) is 0 Å². The summed E-state index contributed by atoms with van der Waals surface area (Å²) in [5.41, 5.74) is 5.35. The maximum Gasteiger partial charge on any atom is 0.533 e. The summed E-state index contributed by atoms with van der Waals surface area (Å²) in [4.78, 5) is 65.1. The fourth-order valence-electron chi connectivity index (χ4n) is 4.78. The molecule has 0 saturated carbocycles. The number of rotatable bonds is 12. The molecule has 212 valence electrons. The lowest BCUT2D eigenvalue weighted by atomic mass is 9.96. The second-order valence-electron chi connectivity index (χ2n) is 9.63. The van der Waals surface area contributed by atoms with Gasteiger partial charge >= 0.3 is 6.16 Å². The Morgan fingerprint density at radius 1 is 0.950 bits per heavy atom. The van der Waals surface area contributed by atoms with Crippen LogP contribution in [0.2, 0.25) is 0 Å². The first-order chi connectivity index (χ1) is 19.3. The number of carbonyl (C=O) groups excluding carboxylic acids is 5. The first-order valence-electron chi connectivity index (χ1n) is 13.4. The largest absolute Gasteiger partial charge is 0.533 e. The Bertz CT molecular complexity index is 1290. The fraction of sp³-hybridized carbons (Fsp3) is 0.414. The van der Waals surface area contributed by atoms with E-state index >= 15 is 0 Å². The Morgan fingerprint density at radius 3 is 2.35 bits per heavy atom. The maximum absolute atomic E-state index is 12.6. The molecule has 0 spiro atoms. The first kappa shape index (κ1) is 28.8. The highest BCUT2D eigenvalue weighted by molar-refractivity contribution is 6.01. The smallest absolute Gasteiger partial charge is 0.432 e. The molecule has 2 aromatic carbocycles. The SMILES string of the molecule is CCOCCNC(=O)CCCC(=O)Nc1ccc2c(c1)C(COC(=O)ON1C(=O)CCC1=O)c1cc(C)ccc1-2. The minimum atomic E-state index is -1.14. The highest BCUT2D eigenvalue weighted by Gasteiger charge is 2.35. The predicted molar refractivity (Wildman–Crippen MR) is 144 cm³/mol. The number of nitrogens with zero attached hydrogens (tertiary/aromatic N) is 1. The van der Waals surface area contributed by atoms with Crippen LogP contribution >= 0.6 is 0 Å². The summed E-state index contributed by atoms with van der Waals surface area (Å²) in [5.74, 6) is -1.87. The third-order valence-electron chi connectivity index (χ3n) is 6.70. The van der Waals surface area contributed by atoms with Gasteiger partial charge in [-0.15, -0.1) is 0 Å². The topological polar surface area (TPSA) is 140 Å². The van der Waals surface area contributed by atoms with Gasteiger partial charge in [-0.1, -0.05) is 34.9 Å². The highest BCUT2D eigenvalue weighted by atomic mass is 16.8. The zero-order chi connectivity index (χ0) is 28.6. The lowest BCUT2D eigenvalue weighted by Gasteiger charge is -2.17. The van der Waals surface area contributed by atoms with Gasteiger partial charge in [-0.3, -0.25) is 24.0 Å². The van der Waals surface area contributed by atoms with E-state index in [4.69, 9.17) is 14.3 Å². The molecule has 2 N–H and O–H groups in total. The molecule has 1 saturated heterocycles. The van der Waals surface area contributed by atoms with Crippen molar-refractivity contribution in [3.05, 3.63) is 53.1 Å². The number of ether oxygens (including phenoxy) is 2. The van der Waals surface area contributed by atoms with E-state index in [1.807, 2.05) is 50.2 Å².